The molecule has 5 nitrogen and oxygen atoms in total. The summed E-state index contributed by atoms with van der Waals surface area (Å²) in [5.74, 6) is 0.651. The minimum atomic E-state index is -0.513. The Morgan fingerprint density at radius 3 is 3.00 bits per heavy atom. The lowest BCUT2D eigenvalue weighted by molar-refractivity contribution is 0.0763. The van der Waals surface area contributed by atoms with Crippen LogP contribution in [0.2, 0.25) is 0 Å². The van der Waals surface area contributed by atoms with Gasteiger partial charge in [0.15, 0.2) is 0 Å². The quantitative estimate of drug-likeness (QED) is 0.855. The minimum absolute atomic E-state index is 0.240. The topological polar surface area (TPSA) is 59.7 Å². The monoisotopic (exact) mass is 311 g/mol. The number of fused-ring (bicyclic) bond motifs is 1. The van der Waals surface area contributed by atoms with Crippen molar-refractivity contribution >= 4 is 15.9 Å². The molecule has 0 aromatic rings. The van der Waals surface area contributed by atoms with Gasteiger partial charge in [0, 0.05) is 11.5 Å². The van der Waals surface area contributed by atoms with Crippen molar-refractivity contribution in [1.29, 1.82) is 5.26 Å². The fourth-order valence-corrected chi connectivity index (χ4v) is 2.49. The van der Waals surface area contributed by atoms with Gasteiger partial charge in [-0.1, -0.05) is 0 Å². The number of ether oxygens (including phenoxy) is 1. The highest BCUT2D eigenvalue weighted by Gasteiger charge is 2.31. The van der Waals surface area contributed by atoms with Crippen LogP contribution in [-0.4, -0.2) is 41.4 Å². The number of likely N-dealkylation sites (N-methyl/N-ethyl adjacent to an activating group) is 1. The summed E-state index contributed by atoms with van der Waals surface area (Å²) in [6.45, 7) is 2.49. The number of aliphatic hydroxyl groups excluding tert-OH is 1. The number of rotatable bonds is 3. The summed E-state index contributed by atoms with van der Waals surface area (Å²) in [4.78, 5) is 0. The Morgan fingerprint density at radius 2 is 2.39 bits per heavy atom. The van der Waals surface area contributed by atoms with Crippen LogP contribution < -0.4 is 0 Å². The van der Waals surface area contributed by atoms with E-state index >= 15 is 0 Å². The van der Waals surface area contributed by atoms with Gasteiger partial charge in [0.05, 0.1) is 36.2 Å². The summed E-state index contributed by atoms with van der Waals surface area (Å²) < 4.78 is 6.28. The van der Waals surface area contributed by atoms with Crippen LogP contribution in [0, 0.1) is 11.3 Å². The lowest BCUT2D eigenvalue weighted by Crippen LogP contribution is -2.31. The van der Waals surface area contributed by atoms with Gasteiger partial charge in [-0.15, -0.1) is 0 Å². The first-order chi connectivity index (χ1) is 8.52. The molecule has 0 aliphatic carbocycles. The molecule has 0 fully saturated rings. The van der Waals surface area contributed by atoms with Gasteiger partial charge < -0.3 is 9.84 Å². The number of hydrogen-bond donors (Lipinski definition) is 1. The number of halogens is 1. The third-order valence-corrected chi connectivity index (χ3v) is 3.25. The van der Waals surface area contributed by atoms with E-state index in [2.05, 4.69) is 22.0 Å². The molecule has 2 heterocycles. The van der Waals surface area contributed by atoms with E-state index < -0.39 is 6.10 Å². The summed E-state index contributed by atoms with van der Waals surface area (Å²) in [6.07, 6.45) is 3.11. The van der Waals surface area contributed by atoms with Crippen LogP contribution >= 0.6 is 15.9 Å². The van der Waals surface area contributed by atoms with Crippen LogP contribution in [0.4, 0.5) is 0 Å². The lowest BCUT2D eigenvalue weighted by Gasteiger charge is -2.29. The van der Waals surface area contributed by atoms with Crippen molar-refractivity contribution in [1.82, 2.24) is 10.0 Å². The maximum absolute atomic E-state index is 9.21. The molecule has 0 aromatic heterocycles. The number of nitriles is 1. The van der Waals surface area contributed by atoms with Crippen LogP contribution in [0.15, 0.2) is 33.8 Å². The molecule has 0 radical (unpaired) electrons. The summed E-state index contributed by atoms with van der Waals surface area (Å²) in [7, 11) is 1.90. The van der Waals surface area contributed by atoms with Gasteiger partial charge in [-0.25, -0.2) is 5.01 Å². The first kappa shape index (κ1) is 13.1. The Labute approximate surface area is 114 Å². The van der Waals surface area contributed by atoms with Crippen molar-refractivity contribution in [2.45, 2.75) is 13.0 Å². The summed E-state index contributed by atoms with van der Waals surface area (Å²) >= 11 is 3.45. The molecule has 0 saturated heterocycles. The van der Waals surface area contributed by atoms with E-state index in [9.17, 15) is 5.11 Å². The van der Waals surface area contributed by atoms with Crippen LogP contribution in [0.25, 0.3) is 0 Å². The maximum atomic E-state index is 9.21. The highest BCUT2D eigenvalue weighted by molar-refractivity contribution is 9.12. The molecule has 1 atom stereocenters. The molecule has 96 valence electrons. The van der Waals surface area contributed by atoms with Crippen LogP contribution in [-0.2, 0) is 4.74 Å². The Balaban J connectivity index is 2.24. The molecule has 2 rings (SSSR count). The number of nitrogens with zero attached hydrogens (tertiary/aromatic N) is 3. The van der Waals surface area contributed by atoms with Gasteiger partial charge in [0.25, 0.3) is 0 Å². The largest absolute Gasteiger partial charge is 0.489 e. The average molecular weight is 312 g/mol. The molecule has 0 bridgehead atoms. The molecule has 2 aliphatic rings. The van der Waals surface area contributed by atoms with Gasteiger partial charge in [-0.2, -0.15) is 5.26 Å². The Hall–Kier alpha value is -1.29. The van der Waals surface area contributed by atoms with Gasteiger partial charge in [0.2, 0.25) is 0 Å². The van der Waals surface area contributed by atoms with E-state index in [1.165, 1.54) is 0 Å². The summed E-state index contributed by atoms with van der Waals surface area (Å²) in [6, 6.07) is 2.20. The Bertz CT molecular complexity index is 488. The van der Waals surface area contributed by atoms with Crippen LogP contribution in [0.5, 0.6) is 0 Å². The molecule has 2 aliphatic heterocycles. The molecule has 18 heavy (non-hydrogen) atoms. The molecule has 1 N–H and O–H groups in total. The molecular weight excluding hydrogens is 298 g/mol. The predicted molar refractivity (Wildman–Crippen MR) is 69.8 cm³/mol. The molecule has 0 saturated carbocycles. The van der Waals surface area contributed by atoms with Crippen molar-refractivity contribution in [3.63, 3.8) is 0 Å². The van der Waals surface area contributed by atoms with Crippen molar-refractivity contribution in [3.8, 4) is 6.07 Å². The second-order valence-corrected chi connectivity index (χ2v) is 5.14. The second-order valence-electron chi connectivity index (χ2n) is 4.28. The first-order valence-electron chi connectivity index (χ1n) is 5.56. The molecule has 6 heteroatoms. The van der Waals surface area contributed by atoms with Gasteiger partial charge in [0.1, 0.15) is 12.4 Å². The second kappa shape index (κ2) is 5.14. The zero-order valence-corrected chi connectivity index (χ0v) is 11.8. The third kappa shape index (κ3) is 2.43. The number of aliphatic hydroxyl groups is 1. The fourth-order valence-electron chi connectivity index (χ4n) is 1.84. The van der Waals surface area contributed by atoms with Crippen LogP contribution in [0.3, 0.4) is 0 Å². The number of allylic oxidation sites excluding steroid dienone is 2. The first-order valence-corrected chi connectivity index (χ1v) is 6.36. The van der Waals surface area contributed by atoms with Gasteiger partial charge in [-0.3, -0.25) is 5.01 Å². The molecular formula is C12H14BrN3O2. The van der Waals surface area contributed by atoms with E-state index in [1.807, 2.05) is 29.3 Å². The lowest BCUT2D eigenvalue weighted by atomic mass is 10.2. The fraction of sp³-hybridized carbons (Fsp3) is 0.417. The minimum Gasteiger partial charge on any atom is -0.489 e. The molecule has 0 amide bonds. The van der Waals surface area contributed by atoms with Crippen LogP contribution in [0.1, 0.15) is 6.92 Å². The highest BCUT2D eigenvalue weighted by atomic mass is 79.9. The SMILES string of the molecule is C[C@@H](O)COC1=CN2C(=C(C#N)CN2C)C(Br)=C1. The van der Waals surface area contributed by atoms with E-state index in [4.69, 9.17) is 10.00 Å². The normalized spacial score (nSPS) is 21.2. The van der Waals surface area contributed by atoms with Crippen molar-refractivity contribution in [2.75, 3.05) is 20.2 Å². The zero-order chi connectivity index (χ0) is 13.3. The highest BCUT2D eigenvalue weighted by Crippen LogP contribution is 2.35. The van der Waals surface area contributed by atoms with Crippen molar-refractivity contribution < 1.29 is 9.84 Å². The van der Waals surface area contributed by atoms with E-state index in [1.54, 1.807) is 6.92 Å². The molecule has 0 spiro atoms. The molecule has 0 unspecified atom stereocenters. The summed E-state index contributed by atoms with van der Waals surface area (Å²) in [5, 5.41) is 22.1. The van der Waals surface area contributed by atoms with E-state index in [-0.39, 0.29) is 6.61 Å². The third-order valence-electron chi connectivity index (χ3n) is 2.64. The number of hydrogen-bond acceptors (Lipinski definition) is 5. The smallest absolute Gasteiger partial charge is 0.138 e. The standard InChI is InChI=1S/C12H14BrN3O2/c1-8(17)7-18-10-3-11(13)12-9(4-14)5-15(2)16(12)6-10/h3,6,8,17H,5,7H2,1-2H3/t8-/m1/s1. The summed E-state index contributed by atoms with van der Waals surface area (Å²) in [5.41, 5.74) is 1.57. The van der Waals surface area contributed by atoms with E-state index in [0.717, 1.165) is 10.2 Å². The average Bonchev–Trinajstić information content (AvgIpc) is 2.64. The predicted octanol–water partition coefficient (Wildman–Crippen LogP) is 1.46. The maximum Gasteiger partial charge on any atom is 0.138 e. The van der Waals surface area contributed by atoms with Crippen molar-refractivity contribution in [2.24, 2.45) is 0 Å². The molecule has 0 aromatic carbocycles. The van der Waals surface area contributed by atoms with Gasteiger partial charge >= 0.3 is 0 Å². The Kier molecular flexibility index (Phi) is 3.76. The number of hydrazine groups is 1. The van der Waals surface area contributed by atoms with E-state index in [0.29, 0.717) is 17.9 Å². The van der Waals surface area contributed by atoms with Crippen molar-refractivity contribution in [3.05, 3.63) is 33.8 Å². The van der Waals surface area contributed by atoms with Gasteiger partial charge in [-0.05, 0) is 28.9 Å². The Morgan fingerprint density at radius 1 is 1.67 bits per heavy atom. The zero-order valence-electron chi connectivity index (χ0n) is 10.2.